The number of hydrogen-bond donors (Lipinski definition) is 1. The van der Waals surface area contributed by atoms with Crippen molar-refractivity contribution in [2.45, 2.75) is 39.2 Å². The summed E-state index contributed by atoms with van der Waals surface area (Å²) in [5.74, 6) is -0.306. The molecule has 2 aromatic rings. The Labute approximate surface area is 130 Å². The van der Waals surface area contributed by atoms with Gasteiger partial charge in [0.2, 0.25) is 0 Å². The summed E-state index contributed by atoms with van der Waals surface area (Å²) in [5, 5.41) is 0.366. The minimum atomic E-state index is -0.356. The molecule has 1 nitrogen and oxygen atoms in total. The molecule has 112 valence electrons. The van der Waals surface area contributed by atoms with E-state index in [-0.39, 0.29) is 17.3 Å². The molecule has 0 radical (unpaired) electrons. The molecule has 1 atom stereocenters. The molecule has 0 bridgehead atoms. The average molecular weight is 306 g/mol. The topological polar surface area (TPSA) is 26.0 Å². The highest BCUT2D eigenvalue weighted by atomic mass is 35.5. The molecule has 3 heteroatoms. The molecule has 0 aromatic heterocycles. The maximum Gasteiger partial charge on any atom is 0.127 e. The van der Waals surface area contributed by atoms with E-state index in [2.05, 4.69) is 32.9 Å². The van der Waals surface area contributed by atoms with Gasteiger partial charge >= 0.3 is 0 Å². The summed E-state index contributed by atoms with van der Waals surface area (Å²) < 4.78 is 13.5. The van der Waals surface area contributed by atoms with E-state index < -0.39 is 0 Å². The van der Waals surface area contributed by atoms with Crippen LogP contribution in [0.1, 0.15) is 49.1 Å². The number of rotatable bonds is 2. The molecular weight excluding hydrogens is 285 g/mol. The number of hydrogen-bond acceptors (Lipinski definition) is 1. The normalized spacial score (nSPS) is 13.3. The van der Waals surface area contributed by atoms with Gasteiger partial charge in [-0.3, -0.25) is 0 Å². The van der Waals surface area contributed by atoms with Crippen LogP contribution in [0.25, 0.3) is 0 Å². The predicted octanol–water partition coefficient (Wildman–Crippen LogP) is 5.13. The summed E-state index contributed by atoms with van der Waals surface area (Å²) in [6.07, 6.45) is 0. The smallest absolute Gasteiger partial charge is 0.127 e. The number of halogens is 2. The van der Waals surface area contributed by atoms with Crippen molar-refractivity contribution < 1.29 is 4.39 Å². The Kier molecular flexibility index (Phi) is 4.40. The molecule has 0 amide bonds. The molecule has 2 N–H and O–H groups in total. The fourth-order valence-corrected chi connectivity index (χ4v) is 2.56. The zero-order valence-electron chi connectivity index (χ0n) is 12.9. The Balaban J connectivity index is 2.36. The van der Waals surface area contributed by atoms with Crippen LogP contribution in [0.3, 0.4) is 0 Å². The van der Waals surface area contributed by atoms with Gasteiger partial charge in [0.05, 0.1) is 6.04 Å². The van der Waals surface area contributed by atoms with Gasteiger partial charge in [-0.2, -0.15) is 0 Å². The van der Waals surface area contributed by atoms with Gasteiger partial charge in [-0.25, -0.2) is 4.39 Å². The van der Waals surface area contributed by atoms with E-state index >= 15 is 0 Å². The van der Waals surface area contributed by atoms with Crippen molar-refractivity contribution in [1.29, 1.82) is 0 Å². The molecule has 0 aliphatic heterocycles. The third-order valence-corrected chi connectivity index (χ3v) is 4.08. The summed E-state index contributed by atoms with van der Waals surface area (Å²) in [6.45, 7) is 8.22. The first-order chi connectivity index (χ1) is 9.70. The molecule has 0 saturated carbocycles. The third kappa shape index (κ3) is 3.45. The van der Waals surface area contributed by atoms with Crippen molar-refractivity contribution in [3.8, 4) is 0 Å². The van der Waals surface area contributed by atoms with Crippen LogP contribution in [0.5, 0.6) is 0 Å². The summed E-state index contributed by atoms with van der Waals surface area (Å²) in [7, 11) is 0. The lowest BCUT2D eigenvalue weighted by molar-refractivity contribution is 0.589. The van der Waals surface area contributed by atoms with E-state index in [0.29, 0.717) is 10.6 Å². The van der Waals surface area contributed by atoms with Crippen molar-refractivity contribution in [2.24, 2.45) is 5.73 Å². The summed E-state index contributed by atoms with van der Waals surface area (Å²) in [5.41, 5.74) is 9.91. The van der Waals surface area contributed by atoms with Crippen molar-refractivity contribution in [3.05, 3.63) is 69.5 Å². The quantitative estimate of drug-likeness (QED) is 0.817. The fraction of sp³-hybridized carbons (Fsp3) is 0.333. The lowest BCUT2D eigenvalue weighted by Crippen LogP contribution is -2.15. The van der Waals surface area contributed by atoms with Crippen LogP contribution in [0.4, 0.5) is 4.39 Å². The Morgan fingerprint density at radius 1 is 1.10 bits per heavy atom. The minimum absolute atomic E-state index is 0.104. The fourth-order valence-electron chi connectivity index (χ4n) is 2.29. The highest BCUT2D eigenvalue weighted by Gasteiger charge is 2.17. The molecule has 0 heterocycles. The molecule has 2 rings (SSSR count). The Morgan fingerprint density at radius 3 is 2.19 bits per heavy atom. The first-order valence-corrected chi connectivity index (χ1v) is 7.39. The van der Waals surface area contributed by atoms with Crippen LogP contribution in [0, 0.1) is 12.7 Å². The van der Waals surface area contributed by atoms with Crippen molar-refractivity contribution in [3.63, 3.8) is 0 Å². The number of benzene rings is 2. The van der Waals surface area contributed by atoms with E-state index in [4.69, 9.17) is 17.3 Å². The molecule has 0 fully saturated rings. The van der Waals surface area contributed by atoms with Crippen LogP contribution >= 0.6 is 11.6 Å². The average Bonchev–Trinajstić information content (AvgIpc) is 2.41. The van der Waals surface area contributed by atoms with Crippen LogP contribution in [-0.4, -0.2) is 0 Å². The molecule has 21 heavy (non-hydrogen) atoms. The first-order valence-electron chi connectivity index (χ1n) is 7.01. The number of nitrogens with two attached hydrogens (primary N) is 1. The Hall–Kier alpha value is -1.38. The SMILES string of the molecule is Cc1cc(C(N)c2ccc(C(C)(C)C)cc2)c(Cl)cc1F. The van der Waals surface area contributed by atoms with Gasteiger partial charge in [0, 0.05) is 5.02 Å². The molecule has 1 unspecified atom stereocenters. The summed E-state index contributed by atoms with van der Waals surface area (Å²) in [4.78, 5) is 0. The highest BCUT2D eigenvalue weighted by Crippen LogP contribution is 2.30. The van der Waals surface area contributed by atoms with Gasteiger partial charge in [0.25, 0.3) is 0 Å². The van der Waals surface area contributed by atoms with E-state index in [0.717, 1.165) is 11.1 Å². The van der Waals surface area contributed by atoms with Gasteiger partial charge in [0.15, 0.2) is 0 Å². The lowest BCUT2D eigenvalue weighted by Gasteiger charge is -2.21. The van der Waals surface area contributed by atoms with E-state index in [1.807, 2.05) is 12.1 Å². The van der Waals surface area contributed by atoms with Crippen LogP contribution in [0.15, 0.2) is 36.4 Å². The second-order valence-electron chi connectivity index (χ2n) is 6.47. The largest absolute Gasteiger partial charge is 0.320 e. The summed E-state index contributed by atoms with van der Waals surface area (Å²) >= 11 is 6.13. The van der Waals surface area contributed by atoms with Crippen molar-refractivity contribution >= 4 is 11.6 Å². The van der Waals surface area contributed by atoms with Crippen molar-refractivity contribution in [1.82, 2.24) is 0 Å². The Morgan fingerprint density at radius 2 is 1.67 bits per heavy atom. The monoisotopic (exact) mass is 305 g/mol. The maximum atomic E-state index is 13.5. The molecule has 0 saturated heterocycles. The molecule has 0 spiro atoms. The molecule has 0 aliphatic carbocycles. The van der Waals surface area contributed by atoms with Crippen LogP contribution < -0.4 is 5.73 Å². The maximum absolute atomic E-state index is 13.5. The second kappa shape index (κ2) is 5.78. The standard InChI is InChI=1S/C18H21ClFN/c1-11-9-14(15(19)10-16(11)20)17(21)12-5-7-13(8-6-12)18(2,3)4/h5-10,17H,21H2,1-4H3. The zero-order chi connectivity index (χ0) is 15.8. The van der Waals surface area contributed by atoms with Crippen molar-refractivity contribution in [2.75, 3.05) is 0 Å². The van der Waals surface area contributed by atoms with Crippen LogP contribution in [0.2, 0.25) is 5.02 Å². The Bertz CT molecular complexity index is 642. The van der Waals surface area contributed by atoms with Gasteiger partial charge in [-0.05, 0) is 46.7 Å². The predicted molar refractivity (Wildman–Crippen MR) is 87.3 cm³/mol. The molecule has 2 aromatic carbocycles. The lowest BCUT2D eigenvalue weighted by atomic mass is 9.86. The van der Waals surface area contributed by atoms with Gasteiger partial charge in [-0.15, -0.1) is 0 Å². The number of aryl methyl sites for hydroxylation is 1. The molecular formula is C18H21ClFN. The van der Waals surface area contributed by atoms with E-state index in [1.54, 1.807) is 13.0 Å². The molecule has 0 aliphatic rings. The van der Waals surface area contributed by atoms with Crippen LogP contribution in [-0.2, 0) is 5.41 Å². The van der Waals surface area contributed by atoms with Gasteiger partial charge in [0.1, 0.15) is 5.82 Å². The summed E-state index contributed by atoms with van der Waals surface area (Å²) in [6, 6.07) is 10.9. The van der Waals surface area contributed by atoms with Gasteiger partial charge in [-0.1, -0.05) is 56.6 Å². The third-order valence-electron chi connectivity index (χ3n) is 3.75. The van der Waals surface area contributed by atoms with E-state index in [9.17, 15) is 4.39 Å². The highest BCUT2D eigenvalue weighted by molar-refractivity contribution is 6.31. The zero-order valence-corrected chi connectivity index (χ0v) is 13.6. The first kappa shape index (κ1) is 16.0. The minimum Gasteiger partial charge on any atom is -0.320 e. The van der Waals surface area contributed by atoms with Gasteiger partial charge < -0.3 is 5.73 Å². The van der Waals surface area contributed by atoms with E-state index in [1.165, 1.54) is 11.6 Å². The second-order valence-corrected chi connectivity index (χ2v) is 6.88.